The minimum atomic E-state index is -0.343. The molecule has 2 atom stereocenters. The van der Waals surface area contributed by atoms with Crippen LogP contribution in [0.25, 0.3) is 0 Å². The Morgan fingerprint density at radius 3 is 2.82 bits per heavy atom. The molecule has 2 aliphatic rings. The number of aliphatic hydroxyl groups is 1. The van der Waals surface area contributed by atoms with Crippen molar-refractivity contribution in [1.82, 2.24) is 5.32 Å². The van der Waals surface area contributed by atoms with Crippen molar-refractivity contribution in [3.63, 3.8) is 0 Å². The van der Waals surface area contributed by atoms with Crippen LogP contribution in [-0.2, 0) is 9.53 Å². The molecule has 0 spiro atoms. The molecule has 1 aliphatic carbocycles. The molecule has 4 nitrogen and oxygen atoms in total. The number of carbonyl (C=O) groups is 1. The van der Waals surface area contributed by atoms with Crippen LogP contribution in [0, 0.1) is 5.92 Å². The van der Waals surface area contributed by atoms with Crippen molar-refractivity contribution in [2.45, 2.75) is 57.2 Å². The van der Waals surface area contributed by atoms with E-state index in [1.54, 1.807) is 0 Å². The van der Waals surface area contributed by atoms with Crippen LogP contribution in [0.4, 0.5) is 0 Å². The summed E-state index contributed by atoms with van der Waals surface area (Å²) in [7, 11) is 0. The molecule has 1 saturated heterocycles. The maximum atomic E-state index is 11.6. The zero-order valence-electron chi connectivity index (χ0n) is 10.4. The summed E-state index contributed by atoms with van der Waals surface area (Å²) in [6.45, 7) is 1.25. The van der Waals surface area contributed by atoms with Crippen LogP contribution in [0.3, 0.4) is 0 Å². The number of amides is 1. The highest BCUT2D eigenvalue weighted by molar-refractivity contribution is 5.75. The Morgan fingerprint density at radius 2 is 2.18 bits per heavy atom. The SMILES string of the molecule is O=C(CCC1CCCCO1)NCC(O)C1CC1. The molecule has 17 heavy (non-hydrogen) atoms. The molecule has 0 aromatic carbocycles. The second kappa shape index (κ2) is 6.36. The van der Waals surface area contributed by atoms with E-state index in [-0.39, 0.29) is 18.1 Å². The molecule has 0 bridgehead atoms. The average Bonchev–Trinajstić information content (AvgIpc) is 3.19. The molecule has 1 heterocycles. The Labute approximate surface area is 103 Å². The van der Waals surface area contributed by atoms with E-state index in [1.807, 2.05) is 0 Å². The molecule has 2 rings (SSSR count). The molecule has 4 heteroatoms. The topological polar surface area (TPSA) is 58.6 Å². The summed E-state index contributed by atoms with van der Waals surface area (Å²) in [5.74, 6) is 0.468. The Balaban J connectivity index is 1.53. The van der Waals surface area contributed by atoms with E-state index < -0.39 is 0 Å². The third-order valence-electron chi connectivity index (χ3n) is 3.64. The highest BCUT2D eigenvalue weighted by atomic mass is 16.5. The monoisotopic (exact) mass is 241 g/mol. The maximum Gasteiger partial charge on any atom is 0.220 e. The summed E-state index contributed by atoms with van der Waals surface area (Å²) >= 11 is 0. The van der Waals surface area contributed by atoms with Crippen LogP contribution in [-0.4, -0.2) is 36.4 Å². The predicted octanol–water partition coefficient (Wildman–Crippen LogP) is 1.22. The molecule has 0 radical (unpaired) electrons. The van der Waals surface area contributed by atoms with Crippen molar-refractivity contribution in [1.29, 1.82) is 0 Å². The predicted molar refractivity (Wildman–Crippen MR) is 64.6 cm³/mol. The first-order valence-electron chi connectivity index (χ1n) is 6.82. The Morgan fingerprint density at radius 1 is 1.35 bits per heavy atom. The number of hydrogen-bond donors (Lipinski definition) is 2. The average molecular weight is 241 g/mol. The molecule has 2 unspecified atom stereocenters. The van der Waals surface area contributed by atoms with Crippen molar-refractivity contribution in [3.8, 4) is 0 Å². The largest absolute Gasteiger partial charge is 0.391 e. The fourth-order valence-corrected chi connectivity index (χ4v) is 2.28. The van der Waals surface area contributed by atoms with Gasteiger partial charge in [-0.1, -0.05) is 0 Å². The molecule has 0 aromatic rings. The van der Waals surface area contributed by atoms with Crippen LogP contribution in [0.15, 0.2) is 0 Å². The third kappa shape index (κ3) is 4.64. The van der Waals surface area contributed by atoms with Gasteiger partial charge < -0.3 is 15.2 Å². The lowest BCUT2D eigenvalue weighted by Crippen LogP contribution is -2.33. The van der Waals surface area contributed by atoms with Crippen LogP contribution in [0.1, 0.15) is 44.9 Å². The molecule has 1 aliphatic heterocycles. The molecular formula is C13H23NO3. The molecule has 2 N–H and O–H groups in total. The van der Waals surface area contributed by atoms with Crippen molar-refractivity contribution in [3.05, 3.63) is 0 Å². The van der Waals surface area contributed by atoms with Gasteiger partial charge in [-0.2, -0.15) is 0 Å². The lowest BCUT2D eigenvalue weighted by molar-refractivity contribution is -0.122. The number of aliphatic hydroxyl groups excluding tert-OH is 1. The second-order valence-electron chi connectivity index (χ2n) is 5.24. The van der Waals surface area contributed by atoms with E-state index in [0.717, 1.165) is 38.7 Å². The highest BCUT2D eigenvalue weighted by Gasteiger charge is 2.29. The summed E-state index contributed by atoms with van der Waals surface area (Å²) in [4.78, 5) is 11.6. The van der Waals surface area contributed by atoms with Crippen LogP contribution in [0.2, 0.25) is 0 Å². The van der Waals surface area contributed by atoms with E-state index in [2.05, 4.69) is 5.32 Å². The number of rotatable bonds is 6. The molecule has 0 aromatic heterocycles. The maximum absolute atomic E-state index is 11.6. The van der Waals surface area contributed by atoms with E-state index in [1.165, 1.54) is 6.42 Å². The first-order valence-corrected chi connectivity index (χ1v) is 6.82. The van der Waals surface area contributed by atoms with E-state index in [0.29, 0.717) is 18.9 Å². The zero-order valence-corrected chi connectivity index (χ0v) is 10.4. The molecule has 98 valence electrons. The molecule has 1 amide bonds. The van der Waals surface area contributed by atoms with Gasteiger partial charge in [-0.15, -0.1) is 0 Å². The quantitative estimate of drug-likeness (QED) is 0.735. The van der Waals surface area contributed by atoms with Gasteiger partial charge in [0, 0.05) is 19.6 Å². The number of ether oxygens (including phenoxy) is 1. The van der Waals surface area contributed by atoms with Gasteiger partial charge in [0.05, 0.1) is 12.2 Å². The first-order chi connectivity index (χ1) is 8.25. The number of carbonyl (C=O) groups excluding carboxylic acids is 1. The van der Waals surface area contributed by atoms with Gasteiger partial charge in [-0.3, -0.25) is 4.79 Å². The number of hydrogen-bond acceptors (Lipinski definition) is 3. The Hall–Kier alpha value is -0.610. The molecule has 1 saturated carbocycles. The summed E-state index contributed by atoms with van der Waals surface area (Å²) in [5, 5.41) is 12.4. The smallest absolute Gasteiger partial charge is 0.220 e. The standard InChI is InChI=1S/C13H23NO3/c15-12(10-4-5-10)9-14-13(16)7-6-11-3-1-2-8-17-11/h10-12,15H,1-9H2,(H,14,16). The number of nitrogens with one attached hydrogen (secondary N) is 1. The summed E-state index contributed by atoms with van der Waals surface area (Å²) in [6.07, 6.45) is 6.90. The first kappa shape index (κ1) is 12.8. The van der Waals surface area contributed by atoms with Gasteiger partial charge in [-0.05, 0) is 44.4 Å². The summed E-state index contributed by atoms with van der Waals surface area (Å²) in [6, 6.07) is 0. The van der Waals surface area contributed by atoms with Crippen molar-refractivity contribution in [2.75, 3.05) is 13.2 Å². The van der Waals surface area contributed by atoms with Crippen molar-refractivity contribution >= 4 is 5.91 Å². The Bertz CT molecular complexity index is 247. The molecule has 2 fully saturated rings. The summed E-state index contributed by atoms with van der Waals surface area (Å²) < 4.78 is 5.57. The second-order valence-corrected chi connectivity index (χ2v) is 5.24. The van der Waals surface area contributed by atoms with E-state index in [9.17, 15) is 9.90 Å². The minimum absolute atomic E-state index is 0.0406. The molecular weight excluding hydrogens is 218 g/mol. The van der Waals surface area contributed by atoms with Gasteiger partial charge in [-0.25, -0.2) is 0 Å². The van der Waals surface area contributed by atoms with Crippen LogP contribution >= 0.6 is 0 Å². The van der Waals surface area contributed by atoms with Gasteiger partial charge in [0.25, 0.3) is 0 Å². The third-order valence-corrected chi connectivity index (χ3v) is 3.64. The zero-order chi connectivity index (χ0) is 12.1. The fourth-order valence-electron chi connectivity index (χ4n) is 2.28. The highest BCUT2D eigenvalue weighted by Crippen LogP contribution is 2.32. The lowest BCUT2D eigenvalue weighted by atomic mass is 10.0. The van der Waals surface area contributed by atoms with Gasteiger partial charge >= 0.3 is 0 Å². The van der Waals surface area contributed by atoms with Gasteiger partial charge in [0.1, 0.15) is 0 Å². The van der Waals surface area contributed by atoms with Crippen LogP contribution < -0.4 is 5.32 Å². The van der Waals surface area contributed by atoms with Gasteiger partial charge in [0.2, 0.25) is 5.91 Å². The fraction of sp³-hybridized carbons (Fsp3) is 0.923. The van der Waals surface area contributed by atoms with E-state index in [4.69, 9.17) is 4.74 Å². The van der Waals surface area contributed by atoms with Gasteiger partial charge in [0.15, 0.2) is 0 Å². The van der Waals surface area contributed by atoms with Crippen LogP contribution in [0.5, 0.6) is 0 Å². The minimum Gasteiger partial charge on any atom is -0.391 e. The normalized spacial score (nSPS) is 26.5. The lowest BCUT2D eigenvalue weighted by Gasteiger charge is -2.22. The van der Waals surface area contributed by atoms with Crippen molar-refractivity contribution in [2.24, 2.45) is 5.92 Å². The summed E-state index contributed by atoms with van der Waals surface area (Å²) in [5.41, 5.74) is 0. The van der Waals surface area contributed by atoms with Crippen molar-refractivity contribution < 1.29 is 14.6 Å². The van der Waals surface area contributed by atoms with E-state index >= 15 is 0 Å². The Kier molecular flexibility index (Phi) is 4.80.